The van der Waals surface area contributed by atoms with Gasteiger partial charge in [-0.3, -0.25) is 4.79 Å². The molecule has 1 saturated carbocycles. The van der Waals surface area contributed by atoms with E-state index in [1.165, 1.54) is 30.6 Å². The van der Waals surface area contributed by atoms with Gasteiger partial charge >= 0.3 is 5.97 Å². The molecule has 0 radical (unpaired) electrons. The van der Waals surface area contributed by atoms with Crippen LogP contribution in [0.5, 0.6) is 5.75 Å². The zero-order valence-corrected chi connectivity index (χ0v) is 12.9. The number of thioether (sulfide) groups is 1. The Morgan fingerprint density at radius 2 is 2.00 bits per heavy atom. The van der Waals surface area contributed by atoms with E-state index in [1.54, 1.807) is 6.92 Å². The predicted octanol–water partition coefficient (Wildman–Crippen LogP) is 4.34. The Balaban J connectivity index is 1.92. The summed E-state index contributed by atoms with van der Waals surface area (Å²) in [7, 11) is 0. The Morgan fingerprint density at radius 1 is 1.32 bits per heavy atom. The first kappa shape index (κ1) is 14.8. The number of carbonyl (C=O) groups excluding carboxylic acids is 1. The molecule has 1 fully saturated rings. The molecule has 2 unspecified atom stereocenters. The maximum Gasteiger partial charge on any atom is 0.310 e. The first-order valence-electron chi connectivity index (χ1n) is 6.84. The van der Waals surface area contributed by atoms with Crippen molar-refractivity contribution in [2.75, 3.05) is 0 Å². The molecule has 2 atom stereocenters. The van der Waals surface area contributed by atoms with Crippen molar-refractivity contribution in [3.05, 3.63) is 24.3 Å². The first-order valence-corrected chi connectivity index (χ1v) is 8.24. The third-order valence-corrected chi connectivity index (χ3v) is 5.53. The van der Waals surface area contributed by atoms with Gasteiger partial charge in [0.1, 0.15) is 5.75 Å². The normalized spacial score (nSPS) is 23.1. The van der Waals surface area contributed by atoms with E-state index < -0.39 is 0 Å². The lowest BCUT2D eigenvalue weighted by Gasteiger charge is -2.27. The third kappa shape index (κ3) is 4.46. The molecular formula is C15H20O2S2. The minimum absolute atomic E-state index is 0.192. The van der Waals surface area contributed by atoms with Gasteiger partial charge in [0.05, 0.1) is 0 Å². The molecule has 4 heteroatoms. The zero-order valence-electron chi connectivity index (χ0n) is 11.2. The number of thiol groups is 1. The zero-order chi connectivity index (χ0) is 13.7. The smallest absolute Gasteiger partial charge is 0.310 e. The molecule has 0 heterocycles. The Morgan fingerprint density at radius 3 is 2.63 bits per heavy atom. The summed E-state index contributed by atoms with van der Waals surface area (Å²) in [6.07, 6.45) is 5.47. The molecule has 0 amide bonds. The molecule has 2 nitrogen and oxygen atoms in total. The summed E-state index contributed by atoms with van der Waals surface area (Å²) in [4.78, 5) is 12.4. The van der Waals surface area contributed by atoms with Gasteiger partial charge in [0.2, 0.25) is 0 Å². The second kappa shape index (κ2) is 7.25. The fourth-order valence-corrected chi connectivity index (χ4v) is 3.91. The lowest BCUT2D eigenvalue weighted by atomic mass is 10.00. The molecule has 0 N–H and O–H groups in total. The number of esters is 1. The highest BCUT2D eigenvalue weighted by molar-refractivity contribution is 8.00. The second-order valence-electron chi connectivity index (χ2n) is 4.81. The molecule has 0 aromatic heterocycles. The lowest BCUT2D eigenvalue weighted by molar-refractivity contribution is -0.134. The second-order valence-corrected chi connectivity index (χ2v) is 6.78. The van der Waals surface area contributed by atoms with Crippen LogP contribution in [-0.2, 0) is 4.79 Å². The molecule has 1 aromatic rings. The topological polar surface area (TPSA) is 26.3 Å². The average molecular weight is 296 g/mol. The van der Waals surface area contributed by atoms with Crippen LogP contribution in [0, 0.1) is 0 Å². The van der Waals surface area contributed by atoms with E-state index in [1.807, 2.05) is 36.0 Å². The fourth-order valence-electron chi connectivity index (χ4n) is 2.18. The molecule has 1 aliphatic rings. The molecule has 0 bridgehead atoms. The average Bonchev–Trinajstić information content (AvgIpc) is 2.43. The summed E-state index contributed by atoms with van der Waals surface area (Å²) < 4.78 is 5.17. The maximum absolute atomic E-state index is 11.2. The highest BCUT2D eigenvalue weighted by Gasteiger charge is 2.22. The summed E-state index contributed by atoms with van der Waals surface area (Å²) in [6, 6.07) is 7.79. The molecule has 0 saturated heterocycles. The van der Waals surface area contributed by atoms with Crippen LogP contribution < -0.4 is 4.74 Å². The highest BCUT2D eigenvalue weighted by Crippen LogP contribution is 2.36. The van der Waals surface area contributed by atoms with Crippen molar-refractivity contribution >= 4 is 30.4 Å². The van der Waals surface area contributed by atoms with Crippen LogP contribution >= 0.6 is 24.4 Å². The van der Waals surface area contributed by atoms with Gasteiger partial charge in [-0.15, -0.1) is 11.8 Å². The standard InChI is InChI=1S/C15H20O2S2/c1-2-15(16)17-11-7-9-12(10-8-11)19-14-6-4-3-5-13(14)18/h7-10,13-14,18H,2-6H2,1H3. The van der Waals surface area contributed by atoms with Gasteiger partial charge in [0.25, 0.3) is 0 Å². The quantitative estimate of drug-likeness (QED) is 0.509. The summed E-state index contributed by atoms with van der Waals surface area (Å²) in [5, 5.41) is 1.09. The van der Waals surface area contributed by atoms with Gasteiger partial charge in [-0.2, -0.15) is 12.6 Å². The third-order valence-electron chi connectivity index (χ3n) is 3.30. The number of ether oxygens (including phenoxy) is 1. The van der Waals surface area contributed by atoms with E-state index in [4.69, 9.17) is 4.74 Å². The molecule has 19 heavy (non-hydrogen) atoms. The summed E-state index contributed by atoms with van der Waals surface area (Å²) >= 11 is 6.56. The number of benzene rings is 1. The summed E-state index contributed by atoms with van der Waals surface area (Å²) in [5.74, 6) is 0.436. The van der Waals surface area contributed by atoms with Gasteiger partial charge in [-0.05, 0) is 37.1 Å². The molecule has 0 spiro atoms. The Kier molecular flexibility index (Phi) is 5.64. The molecule has 2 rings (SSSR count). The van der Waals surface area contributed by atoms with Crippen molar-refractivity contribution in [2.24, 2.45) is 0 Å². The van der Waals surface area contributed by atoms with E-state index in [-0.39, 0.29) is 5.97 Å². The van der Waals surface area contributed by atoms with Crippen molar-refractivity contribution in [1.29, 1.82) is 0 Å². The maximum atomic E-state index is 11.2. The van der Waals surface area contributed by atoms with Crippen LogP contribution in [-0.4, -0.2) is 16.5 Å². The van der Waals surface area contributed by atoms with Crippen molar-refractivity contribution in [3.63, 3.8) is 0 Å². The van der Waals surface area contributed by atoms with Crippen molar-refractivity contribution in [2.45, 2.75) is 54.4 Å². The van der Waals surface area contributed by atoms with Crippen LogP contribution in [0.2, 0.25) is 0 Å². The van der Waals surface area contributed by atoms with Crippen LogP contribution in [0.1, 0.15) is 39.0 Å². The molecule has 104 valence electrons. The Labute approximate surface area is 124 Å². The Hall–Kier alpha value is -0.610. The first-order chi connectivity index (χ1) is 9.19. The fraction of sp³-hybridized carbons (Fsp3) is 0.533. The monoisotopic (exact) mass is 296 g/mol. The Bertz CT molecular complexity index is 417. The van der Waals surface area contributed by atoms with E-state index >= 15 is 0 Å². The van der Waals surface area contributed by atoms with Crippen LogP contribution in [0.15, 0.2) is 29.2 Å². The van der Waals surface area contributed by atoms with Crippen LogP contribution in [0.4, 0.5) is 0 Å². The van der Waals surface area contributed by atoms with Crippen molar-refractivity contribution in [3.8, 4) is 5.75 Å². The van der Waals surface area contributed by atoms with E-state index in [2.05, 4.69) is 12.6 Å². The molecule has 1 aliphatic carbocycles. The summed E-state index contributed by atoms with van der Waals surface area (Å²) in [6.45, 7) is 1.79. The molecule has 1 aromatic carbocycles. The van der Waals surface area contributed by atoms with E-state index in [0.29, 0.717) is 22.7 Å². The van der Waals surface area contributed by atoms with Crippen LogP contribution in [0.25, 0.3) is 0 Å². The van der Waals surface area contributed by atoms with Gasteiger partial charge < -0.3 is 4.74 Å². The van der Waals surface area contributed by atoms with E-state index in [9.17, 15) is 4.79 Å². The largest absolute Gasteiger partial charge is 0.427 e. The highest BCUT2D eigenvalue weighted by atomic mass is 32.2. The van der Waals surface area contributed by atoms with Crippen LogP contribution in [0.3, 0.4) is 0 Å². The van der Waals surface area contributed by atoms with Gasteiger partial charge in [-0.1, -0.05) is 19.8 Å². The number of carbonyl (C=O) groups is 1. The number of hydrogen-bond donors (Lipinski definition) is 1. The summed E-state index contributed by atoms with van der Waals surface area (Å²) in [5.41, 5.74) is 0. The van der Waals surface area contributed by atoms with Crippen molar-refractivity contribution in [1.82, 2.24) is 0 Å². The molecular weight excluding hydrogens is 276 g/mol. The van der Waals surface area contributed by atoms with Gasteiger partial charge in [0.15, 0.2) is 0 Å². The number of hydrogen-bond acceptors (Lipinski definition) is 4. The lowest BCUT2D eigenvalue weighted by Crippen LogP contribution is -2.21. The van der Waals surface area contributed by atoms with Gasteiger partial charge in [0, 0.05) is 21.8 Å². The minimum Gasteiger partial charge on any atom is -0.427 e. The van der Waals surface area contributed by atoms with E-state index in [0.717, 1.165) is 0 Å². The SMILES string of the molecule is CCC(=O)Oc1ccc(SC2CCCCC2S)cc1. The van der Waals surface area contributed by atoms with Crippen molar-refractivity contribution < 1.29 is 9.53 Å². The van der Waals surface area contributed by atoms with Gasteiger partial charge in [-0.25, -0.2) is 0 Å². The molecule has 0 aliphatic heterocycles. The number of rotatable bonds is 4. The predicted molar refractivity (Wildman–Crippen MR) is 83.3 cm³/mol. The minimum atomic E-state index is -0.192.